The second-order valence-electron chi connectivity index (χ2n) is 2.45. The number of aliphatic hydroxyl groups is 1. The van der Waals surface area contributed by atoms with Gasteiger partial charge in [0, 0.05) is 6.42 Å². The summed E-state index contributed by atoms with van der Waals surface area (Å²) in [4.78, 5) is 0. The molecule has 0 fully saturated rings. The molecule has 0 spiro atoms. The smallest absolute Gasteiger partial charge is 0.111 e. The summed E-state index contributed by atoms with van der Waals surface area (Å²) in [7, 11) is 0. The van der Waals surface area contributed by atoms with Gasteiger partial charge in [0.05, 0.1) is 0 Å². The Hall–Kier alpha value is -0.480. The van der Waals surface area contributed by atoms with Crippen molar-refractivity contribution in [1.29, 1.82) is 0 Å². The molecule has 0 bridgehead atoms. The zero-order valence-corrected chi connectivity index (χ0v) is 6.85. The highest BCUT2D eigenvalue weighted by molar-refractivity contribution is 5.02. The topological polar surface area (TPSA) is 20.2 Å². The van der Waals surface area contributed by atoms with Crippen LogP contribution in [-0.4, -0.2) is 11.2 Å². The van der Waals surface area contributed by atoms with Crippen LogP contribution in [0.2, 0.25) is 0 Å². The summed E-state index contributed by atoms with van der Waals surface area (Å²) < 4.78 is 0. The fourth-order valence-electron chi connectivity index (χ4n) is 0.683. The first-order valence-electron chi connectivity index (χ1n) is 3.93. The van der Waals surface area contributed by atoms with Crippen LogP contribution in [0.25, 0.3) is 0 Å². The number of aliphatic hydroxyl groups excluding tert-OH is 1. The zero-order chi connectivity index (χ0) is 7.82. The Labute approximate surface area is 63.5 Å². The fourth-order valence-corrected chi connectivity index (χ4v) is 0.683. The first-order valence-corrected chi connectivity index (χ1v) is 3.93. The average molecular weight is 140 g/mol. The van der Waals surface area contributed by atoms with Gasteiger partial charge in [0.2, 0.25) is 0 Å². The van der Waals surface area contributed by atoms with Gasteiger partial charge in [-0.05, 0) is 13.3 Å². The van der Waals surface area contributed by atoms with E-state index < -0.39 is 6.10 Å². The molecule has 1 nitrogen and oxygen atoms in total. The van der Waals surface area contributed by atoms with Crippen LogP contribution in [0.5, 0.6) is 0 Å². The Morgan fingerprint density at radius 1 is 1.40 bits per heavy atom. The van der Waals surface area contributed by atoms with E-state index in [4.69, 9.17) is 5.11 Å². The number of rotatable bonds is 3. The Morgan fingerprint density at radius 3 is 2.60 bits per heavy atom. The minimum atomic E-state index is -0.457. The van der Waals surface area contributed by atoms with Gasteiger partial charge in [0.25, 0.3) is 0 Å². The SMILES string of the molecule is CCCCCC#C[C@H](C)O. The largest absolute Gasteiger partial charge is 0.381 e. The molecule has 0 aliphatic carbocycles. The molecule has 0 aromatic heterocycles. The third kappa shape index (κ3) is 7.52. The third-order valence-corrected chi connectivity index (χ3v) is 1.22. The van der Waals surface area contributed by atoms with Crippen molar-refractivity contribution in [2.75, 3.05) is 0 Å². The van der Waals surface area contributed by atoms with E-state index in [-0.39, 0.29) is 0 Å². The van der Waals surface area contributed by atoms with Gasteiger partial charge in [-0.15, -0.1) is 5.92 Å². The van der Waals surface area contributed by atoms with Gasteiger partial charge in [-0.25, -0.2) is 0 Å². The normalized spacial score (nSPS) is 11.9. The van der Waals surface area contributed by atoms with Crippen molar-refractivity contribution in [2.45, 2.75) is 45.6 Å². The van der Waals surface area contributed by atoms with Gasteiger partial charge in [-0.2, -0.15) is 0 Å². The molecule has 0 saturated heterocycles. The van der Waals surface area contributed by atoms with E-state index in [1.807, 2.05) is 0 Å². The summed E-state index contributed by atoms with van der Waals surface area (Å²) >= 11 is 0. The van der Waals surface area contributed by atoms with Crippen LogP contribution >= 0.6 is 0 Å². The van der Waals surface area contributed by atoms with Crippen molar-refractivity contribution in [1.82, 2.24) is 0 Å². The van der Waals surface area contributed by atoms with Crippen LogP contribution in [-0.2, 0) is 0 Å². The van der Waals surface area contributed by atoms with Crippen LogP contribution in [0.1, 0.15) is 39.5 Å². The molecule has 10 heavy (non-hydrogen) atoms. The lowest BCUT2D eigenvalue weighted by Crippen LogP contribution is -1.92. The number of hydrogen-bond donors (Lipinski definition) is 1. The summed E-state index contributed by atoms with van der Waals surface area (Å²) in [5.74, 6) is 5.63. The van der Waals surface area contributed by atoms with Gasteiger partial charge in [0.15, 0.2) is 0 Å². The van der Waals surface area contributed by atoms with Gasteiger partial charge in [0.1, 0.15) is 6.10 Å². The highest BCUT2D eigenvalue weighted by Gasteiger charge is 1.83. The molecule has 58 valence electrons. The predicted molar refractivity (Wildman–Crippen MR) is 43.6 cm³/mol. The van der Waals surface area contributed by atoms with Crippen LogP contribution in [0.3, 0.4) is 0 Å². The summed E-state index contributed by atoms with van der Waals surface area (Å²) in [5, 5.41) is 8.74. The van der Waals surface area contributed by atoms with Gasteiger partial charge in [-0.3, -0.25) is 0 Å². The summed E-state index contributed by atoms with van der Waals surface area (Å²) in [6.45, 7) is 3.86. The minimum Gasteiger partial charge on any atom is -0.381 e. The predicted octanol–water partition coefficient (Wildman–Crippen LogP) is 1.95. The fraction of sp³-hybridized carbons (Fsp3) is 0.778. The Morgan fingerprint density at radius 2 is 2.10 bits per heavy atom. The van der Waals surface area contributed by atoms with Gasteiger partial charge >= 0.3 is 0 Å². The molecule has 0 aromatic rings. The van der Waals surface area contributed by atoms with Crippen LogP contribution in [0, 0.1) is 11.8 Å². The van der Waals surface area contributed by atoms with Crippen molar-refractivity contribution in [3.63, 3.8) is 0 Å². The molecule has 1 heteroatoms. The van der Waals surface area contributed by atoms with E-state index in [1.54, 1.807) is 6.92 Å². The molecule has 0 amide bonds. The van der Waals surface area contributed by atoms with Crippen molar-refractivity contribution >= 4 is 0 Å². The first-order chi connectivity index (χ1) is 4.77. The lowest BCUT2D eigenvalue weighted by molar-refractivity contribution is 0.253. The highest BCUT2D eigenvalue weighted by Crippen LogP contribution is 1.96. The van der Waals surface area contributed by atoms with Crippen molar-refractivity contribution < 1.29 is 5.11 Å². The highest BCUT2D eigenvalue weighted by atomic mass is 16.3. The zero-order valence-electron chi connectivity index (χ0n) is 6.85. The molecule has 0 radical (unpaired) electrons. The van der Waals surface area contributed by atoms with Crippen molar-refractivity contribution in [3.05, 3.63) is 0 Å². The van der Waals surface area contributed by atoms with Crippen LogP contribution in [0.4, 0.5) is 0 Å². The third-order valence-electron chi connectivity index (χ3n) is 1.22. The van der Waals surface area contributed by atoms with Crippen molar-refractivity contribution in [3.8, 4) is 11.8 Å². The van der Waals surface area contributed by atoms with E-state index in [9.17, 15) is 0 Å². The monoisotopic (exact) mass is 140 g/mol. The van der Waals surface area contributed by atoms with E-state index in [1.165, 1.54) is 12.8 Å². The quantitative estimate of drug-likeness (QED) is 0.469. The maximum atomic E-state index is 8.74. The average Bonchev–Trinajstić information content (AvgIpc) is 1.87. The molecule has 0 unspecified atom stereocenters. The molecule has 0 aromatic carbocycles. The Bertz CT molecular complexity index is 116. The first kappa shape index (κ1) is 9.52. The molecule has 0 heterocycles. The number of hydrogen-bond acceptors (Lipinski definition) is 1. The van der Waals surface area contributed by atoms with Crippen LogP contribution < -0.4 is 0 Å². The molecule has 0 saturated carbocycles. The van der Waals surface area contributed by atoms with Gasteiger partial charge < -0.3 is 5.11 Å². The molecule has 0 aliphatic rings. The summed E-state index contributed by atoms with van der Waals surface area (Å²) in [5.41, 5.74) is 0. The van der Waals surface area contributed by atoms with E-state index in [0.29, 0.717) is 0 Å². The second kappa shape index (κ2) is 6.64. The molecule has 1 N–H and O–H groups in total. The lowest BCUT2D eigenvalue weighted by Gasteiger charge is -1.89. The molecular weight excluding hydrogens is 124 g/mol. The molecule has 0 rings (SSSR count). The van der Waals surface area contributed by atoms with E-state index in [2.05, 4.69) is 18.8 Å². The molecule has 0 aliphatic heterocycles. The van der Waals surface area contributed by atoms with E-state index in [0.717, 1.165) is 12.8 Å². The molecule has 1 atom stereocenters. The van der Waals surface area contributed by atoms with E-state index >= 15 is 0 Å². The standard InChI is InChI=1S/C9H16O/c1-3-4-5-6-7-8-9(2)10/h9-10H,3-6H2,1-2H3/t9-/m0/s1. The summed E-state index contributed by atoms with van der Waals surface area (Å²) in [6, 6.07) is 0. The van der Waals surface area contributed by atoms with Gasteiger partial charge in [-0.1, -0.05) is 25.7 Å². The maximum absolute atomic E-state index is 8.74. The summed E-state index contributed by atoms with van der Waals surface area (Å²) in [6.07, 6.45) is 4.11. The Kier molecular flexibility index (Phi) is 6.32. The second-order valence-corrected chi connectivity index (χ2v) is 2.45. The Balaban J connectivity index is 3.12. The maximum Gasteiger partial charge on any atom is 0.111 e. The van der Waals surface area contributed by atoms with Crippen molar-refractivity contribution in [2.24, 2.45) is 0 Å². The molecular formula is C9H16O. The lowest BCUT2D eigenvalue weighted by atomic mass is 10.2. The number of unbranched alkanes of at least 4 members (excludes halogenated alkanes) is 3. The van der Waals surface area contributed by atoms with Crippen LogP contribution in [0.15, 0.2) is 0 Å². The minimum absolute atomic E-state index is 0.457.